The minimum Gasteiger partial charge on any atom is -0.369 e. The molecule has 0 bridgehead atoms. The average Bonchev–Trinajstić information content (AvgIpc) is 2.30. The van der Waals surface area contributed by atoms with Gasteiger partial charge in [-0.25, -0.2) is 9.97 Å². The van der Waals surface area contributed by atoms with Gasteiger partial charge in [-0.05, 0) is 11.1 Å². The van der Waals surface area contributed by atoms with E-state index in [1.54, 1.807) is 12.4 Å². The Balaban J connectivity index is 2.33. The predicted molar refractivity (Wildman–Crippen MR) is 60.4 cm³/mol. The summed E-state index contributed by atoms with van der Waals surface area (Å²) in [5.41, 5.74) is 7.96. The Kier molecular flexibility index (Phi) is 2.91. The van der Waals surface area contributed by atoms with Gasteiger partial charge in [-0.1, -0.05) is 24.3 Å². The summed E-state index contributed by atoms with van der Waals surface area (Å²) in [6.07, 6.45) is 5.20. The number of hydrogen-bond donors (Lipinski definition) is 1. The Bertz CT molecular complexity index is 497. The maximum absolute atomic E-state index is 10.8. The second-order valence-corrected chi connectivity index (χ2v) is 3.47. The van der Waals surface area contributed by atoms with E-state index < -0.39 is 0 Å². The topological polar surface area (TPSA) is 68.9 Å². The summed E-state index contributed by atoms with van der Waals surface area (Å²) in [4.78, 5) is 18.7. The molecule has 4 nitrogen and oxygen atoms in total. The van der Waals surface area contributed by atoms with Crippen molar-refractivity contribution in [3.05, 3.63) is 48.5 Å². The third kappa shape index (κ3) is 2.42. The molecule has 16 heavy (non-hydrogen) atoms. The van der Waals surface area contributed by atoms with E-state index in [4.69, 9.17) is 5.73 Å². The van der Waals surface area contributed by atoms with Gasteiger partial charge in [0.2, 0.25) is 5.91 Å². The fraction of sp³-hybridized carbons (Fsp3) is 0.0833. The van der Waals surface area contributed by atoms with Crippen molar-refractivity contribution >= 4 is 5.91 Å². The summed E-state index contributed by atoms with van der Waals surface area (Å²) in [7, 11) is 0. The number of carbonyl (C=O) groups is 1. The molecule has 80 valence electrons. The van der Waals surface area contributed by atoms with Gasteiger partial charge in [-0.3, -0.25) is 4.79 Å². The lowest BCUT2D eigenvalue weighted by atomic mass is 10.0. The normalized spacial score (nSPS) is 10.0. The van der Waals surface area contributed by atoms with Gasteiger partial charge in [-0.15, -0.1) is 0 Å². The lowest BCUT2D eigenvalue weighted by Gasteiger charge is -2.03. The highest BCUT2D eigenvalue weighted by Gasteiger charge is 2.01. The van der Waals surface area contributed by atoms with E-state index >= 15 is 0 Å². The molecule has 0 unspecified atom stereocenters. The number of primary amides is 1. The van der Waals surface area contributed by atoms with Crippen LogP contribution in [0.3, 0.4) is 0 Å². The minimum atomic E-state index is -0.332. The summed E-state index contributed by atoms with van der Waals surface area (Å²) in [6, 6.07) is 7.63. The number of aromatic nitrogens is 2. The van der Waals surface area contributed by atoms with Crippen LogP contribution < -0.4 is 5.73 Å². The highest BCUT2D eigenvalue weighted by molar-refractivity contribution is 5.77. The maximum atomic E-state index is 10.8. The van der Waals surface area contributed by atoms with Crippen LogP contribution in [0.4, 0.5) is 0 Å². The Labute approximate surface area is 93.2 Å². The van der Waals surface area contributed by atoms with Crippen molar-refractivity contribution in [3.63, 3.8) is 0 Å². The first kappa shape index (κ1) is 10.3. The highest BCUT2D eigenvalue weighted by Crippen LogP contribution is 2.18. The number of benzene rings is 1. The second kappa shape index (κ2) is 4.53. The van der Waals surface area contributed by atoms with Crippen LogP contribution in [0.1, 0.15) is 5.56 Å². The van der Waals surface area contributed by atoms with Crippen molar-refractivity contribution in [1.82, 2.24) is 9.97 Å². The monoisotopic (exact) mass is 213 g/mol. The van der Waals surface area contributed by atoms with E-state index in [2.05, 4.69) is 9.97 Å². The Morgan fingerprint density at radius 3 is 2.62 bits per heavy atom. The Morgan fingerprint density at radius 1 is 1.19 bits per heavy atom. The number of amides is 1. The molecule has 0 radical (unpaired) electrons. The zero-order valence-electron chi connectivity index (χ0n) is 8.63. The van der Waals surface area contributed by atoms with Crippen LogP contribution >= 0.6 is 0 Å². The van der Waals surface area contributed by atoms with E-state index in [0.29, 0.717) is 0 Å². The van der Waals surface area contributed by atoms with Gasteiger partial charge >= 0.3 is 0 Å². The molecule has 0 aliphatic rings. The van der Waals surface area contributed by atoms with Gasteiger partial charge in [0.25, 0.3) is 0 Å². The summed E-state index contributed by atoms with van der Waals surface area (Å²) in [5.74, 6) is -0.332. The molecule has 2 rings (SSSR count). The predicted octanol–water partition coefficient (Wildman–Crippen LogP) is 1.17. The molecule has 0 atom stereocenters. The van der Waals surface area contributed by atoms with Gasteiger partial charge in [0, 0.05) is 18.0 Å². The molecule has 0 aliphatic heterocycles. The summed E-state index contributed by atoms with van der Waals surface area (Å²) in [5, 5.41) is 0. The van der Waals surface area contributed by atoms with Gasteiger partial charge in [0.05, 0.1) is 6.42 Å². The summed E-state index contributed by atoms with van der Waals surface area (Å²) >= 11 is 0. The fourth-order valence-corrected chi connectivity index (χ4v) is 1.51. The molecular weight excluding hydrogens is 202 g/mol. The average molecular weight is 213 g/mol. The third-order valence-corrected chi connectivity index (χ3v) is 2.20. The SMILES string of the molecule is NC(=O)Cc1cccc(-c2cncnc2)c1. The lowest BCUT2D eigenvalue weighted by Crippen LogP contribution is -2.13. The molecule has 0 aliphatic carbocycles. The molecule has 2 N–H and O–H groups in total. The molecule has 1 heterocycles. The molecule has 4 heteroatoms. The molecular formula is C12H11N3O. The smallest absolute Gasteiger partial charge is 0.221 e. The molecule has 1 aromatic carbocycles. The molecule has 0 spiro atoms. The standard InChI is InChI=1S/C12H11N3O/c13-12(16)5-9-2-1-3-10(4-9)11-6-14-8-15-7-11/h1-4,6-8H,5H2,(H2,13,16). The van der Waals surface area contributed by atoms with E-state index in [1.165, 1.54) is 6.33 Å². The van der Waals surface area contributed by atoms with E-state index in [9.17, 15) is 4.79 Å². The lowest BCUT2D eigenvalue weighted by molar-refractivity contribution is -0.117. The first-order valence-corrected chi connectivity index (χ1v) is 4.88. The number of carbonyl (C=O) groups excluding carboxylic acids is 1. The number of nitrogens with zero attached hydrogens (tertiary/aromatic N) is 2. The Morgan fingerprint density at radius 2 is 1.94 bits per heavy atom. The largest absolute Gasteiger partial charge is 0.369 e. The first-order chi connectivity index (χ1) is 7.75. The minimum absolute atomic E-state index is 0.252. The quantitative estimate of drug-likeness (QED) is 0.832. The molecule has 0 fully saturated rings. The van der Waals surface area contributed by atoms with Gasteiger partial charge in [0.1, 0.15) is 6.33 Å². The zero-order chi connectivity index (χ0) is 11.4. The van der Waals surface area contributed by atoms with Crippen molar-refractivity contribution in [1.29, 1.82) is 0 Å². The van der Waals surface area contributed by atoms with Crippen molar-refractivity contribution in [3.8, 4) is 11.1 Å². The van der Waals surface area contributed by atoms with Crippen LogP contribution in [-0.2, 0) is 11.2 Å². The molecule has 1 amide bonds. The van der Waals surface area contributed by atoms with Crippen LogP contribution in [0.5, 0.6) is 0 Å². The van der Waals surface area contributed by atoms with Crippen molar-refractivity contribution in [2.24, 2.45) is 5.73 Å². The first-order valence-electron chi connectivity index (χ1n) is 4.88. The van der Waals surface area contributed by atoms with Crippen LogP contribution in [0, 0.1) is 0 Å². The number of rotatable bonds is 3. The fourth-order valence-electron chi connectivity index (χ4n) is 1.51. The number of hydrogen-bond acceptors (Lipinski definition) is 3. The van der Waals surface area contributed by atoms with Crippen molar-refractivity contribution < 1.29 is 4.79 Å². The second-order valence-electron chi connectivity index (χ2n) is 3.47. The molecule has 2 aromatic rings. The van der Waals surface area contributed by atoms with Gasteiger partial charge < -0.3 is 5.73 Å². The highest BCUT2D eigenvalue weighted by atomic mass is 16.1. The zero-order valence-corrected chi connectivity index (χ0v) is 8.63. The maximum Gasteiger partial charge on any atom is 0.221 e. The Hall–Kier alpha value is -2.23. The van der Waals surface area contributed by atoms with Crippen molar-refractivity contribution in [2.45, 2.75) is 6.42 Å². The van der Waals surface area contributed by atoms with Gasteiger partial charge in [0.15, 0.2) is 0 Å². The van der Waals surface area contributed by atoms with Crippen LogP contribution in [0.15, 0.2) is 43.0 Å². The van der Waals surface area contributed by atoms with Crippen molar-refractivity contribution in [2.75, 3.05) is 0 Å². The van der Waals surface area contributed by atoms with Gasteiger partial charge in [-0.2, -0.15) is 0 Å². The van der Waals surface area contributed by atoms with Crippen LogP contribution in [-0.4, -0.2) is 15.9 Å². The molecule has 0 saturated heterocycles. The number of nitrogens with two attached hydrogens (primary N) is 1. The third-order valence-electron chi connectivity index (χ3n) is 2.20. The molecule has 0 saturated carbocycles. The van der Waals surface area contributed by atoms with E-state index in [-0.39, 0.29) is 12.3 Å². The van der Waals surface area contributed by atoms with Crippen LogP contribution in [0.25, 0.3) is 11.1 Å². The summed E-state index contributed by atoms with van der Waals surface area (Å²) < 4.78 is 0. The van der Waals surface area contributed by atoms with E-state index in [0.717, 1.165) is 16.7 Å². The molecule has 1 aromatic heterocycles. The van der Waals surface area contributed by atoms with E-state index in [1.807, 2.05) is 24.3 Å². The summed E-state index contributed by atoms with van der Waals surface area (Å²) in [6.45, 7) is 0. The van der Waals surface area contributed by atoms with Crippen LogP contribution in [0.2, 0.25) is 0 Å².